The first-order chi connectivity index (χ1) is 8.74. The monoisotopic (exact) mass is 275 g/mol. The summed E-state index contributed by atoms with van der Waals surface area (Å²) in [6, 6.07) is 11.9. The molecule has 3 aromatic rings. The third kappa shape index (κ3) is 2.05. The molecule has 0 atom stereocenters. The number of aromatic nitrogens is 3. The van der Waals surface area contributed by atoms with E-state index in [9.17, 15) is 0 Å². The lowest BCUT2D eigenvalue weighted by Gasteiger charge is -1.97. The second kappa shape index (κ2) is 4.55. The normalized spacial score (nSPS) is 10.8. The van der Waals surface area contributed by atoms with Crippen LogP contribution in [0.2, 0.25) is 5.15 Å². The fraction of sp³-hybridized carbons (Fsp3) is 0.0769. The van der Waals surface area contributed by atoms with Gasteiger partial charge >= 0.3 is 0 Å². The molecule has 0 saturated carbocycles. The number of hydrogen-bond acceptors (Lipinski definition) is 3. The Morgan fingerprint density at radius 3 is 2.67 bits per heavy atom. The predicted octanol–water partition coefficient (Wildman–Crippen LogP) is 3.96. The van der Waals surface area contributed by atoms with E-state index >= 15 is 0 Å². The van der Waals surface area contributed by atoms with Gasteiger partial charge < -0.3 is 0 Å². The van der Waals surface area contributed by atoms with E-state index in [1.807, 2.05) is 48.7 Å². The molecule has 0 aliphatic rings. The molecule has 0 aliphatic carbocycles. The van der Waals surface area contributed by atoms with Gasteiger partial charge in [0.1, 0.15) is 5.15 Å². The van der Waals surface area contributed by atoms with E-state index in [1.165, 1.54) is 11.3 Å². The summed E-state index contributed by atoms with van der Waals surface area (Å²) in [6.07, 6.45) is 0. The van der Waals surface area contributed by atoms with Gasteiger partial charge in [-0.3, -0.25) is 0 Å². The van der Waals surface area contributed by atoms with E-state index < -0.39 is 0 Å². The number of benzene rings is 1. The molecule has 0 spiro atoms. The van der Waals surface area contributed by atoms with Crippen molar-refractivity contribution in [3.05, 3.63) is 52.6 Å². The molecule has 0 saturated heterocycles. The summed E-state index contributed by atoms with van der Waals surface area (Å²) in [5.41, 5.74) is 2.93. The first-order valence-electron chi connectivity index (χ1n) is 5.47. The van der Waals surface area contributed by atoms with Gasteiger partial charge in [-0.15, -0.1) is 11.3 Å². The summed E-state index contributed by atoms with van der Waals surface area (Å²) < 4.78 is 1.66. The molecule has 3 rings (SSSR count). The van der Waals surface area contributed by atoms with E-state index in [1.54, 1.807) is 4.68 Å². The number of halogens is 1. The van der Waals surface area contributed by atoms with Crippen molar-refractivity contribution in [3.63, 3.8) is 0 Å². The molecular weight excluding hydrogens is 266 g/mol. The van der Waals surface area contributed by atoms with Gasteiger partial charge in [0.15, 0.2) is 0 Å². The molecule has 18 heavy (non-hydrogen) atoms. The molecule has 0 radical (unpaired) electrons. The summed E-state index contributed by atoms with van der Waals surface area (Å²) in [7, 11) is 0. The Kier molecular flexibility index (Phi) is 2.89. The van der Waals surface area contributed by atoms with Crippen molar-refractivity contribution in [2.45, 2.75) is 6.92 Å². The van der Waals surface area contributed by atoms with Crippen LogP contribution in [0.3, 0.4) is 0 Å². The zero-order valence-corrected chi connectivity index (χ0v) is 11.2. The van der Waals surface area contributed by atoms with E-state index in [4.69, 9.17) is 11.6 Å². The number of hydrogen-bond donors (Lipinski definition) is 0. The second-order valence-electron chi connectivity index (χ2n) is 3.90. The van der Waals surface area contributed by atoms with Gasteiger partial charge in [-0.05, 0) is 13.0 Å². The van der Waals surface area contributed by atoms with Gasteiger partial charge in [-0.25, -0.2) is 4.98 Å². The minimum Gasteiger partial charge on any atom is -0.218 e. The summed E-state index contributed by atoms with van der Waals surface area (Å²) in [4.78, 5) is 4.56. The van der Waals surface area contributed by atoms with Crippen molar-refractivity contribution in [2.75, 3.05) is 0 Å². The van der Waals surface area contributed by atoms with Crippen LogP contribution in [0.1, 0.15) is 5.69 Å². The van der Waals surface area contributed by atoms with Crippen molar-refractivity contribution < 1.29 is 0 Å². The molecule has 0 bridgehead atoms. The molecule has 0 unspecified atom stereocenters. The molecule has 3 nitrogen and oxygen atoms in total. The lowest BCUT2D eigenvalue weighted by molar-refractivity contribution is 0.854. The molecule has 0 amide bonds. The summed E-state index contributed by atoms with van der Waals surface area (Å²) in [6.45, 7) is 1.91. The molecule has 90 valence electrons. The maximum absolute atomic E-state index is 6.10. The quantitative estimate of drug-likeness (QED) is 0.709. The van der Waals surface area contributed by atoms with Gasteiger partial charge in [-0.1, -0.05) is 41.9 Å². The zero-order chi connectivity index (χ0) is 12.5. The Morgan fingerprint density at radius 1 is 1.22 bits per heavy atom. The third-order valence-electron chi connectivity index (χ3n) is 2.53. The minimum atomic E-state index is 0.585. The third-order valence-corrected chi connectivity index (χ3v) is 3.62. The zero-order valence-electron chi connectivity index (χ0n) is 9.67. The van der Waals surface area contributed by atoms with E-state index in [0.29, 0.717) is 5.15 Å². The van der Waals surface area contributed by atoms with Crippen molar-refractivity contribution in [1.29, 1.82) is 0 Å². The van der Waals surface area contributed by atoms with E-state index in [0.717, 1.165) is 22.1 Å². The average Bonchev–Trinajstić information content (AvgIpc) is 2.97. The van der Waals surface area contributed by atoms with Crippen LogP contribution in [0.5, 0.6) is 0 Å². The van der Waals surface area contributed by atoms with Crippen molar-refractivity contribution in [3.8, 4) is 16.4 Å². The summed E-state index contributed by atoms with van der Waals surface area (Å²) in [5.74, 6) is 0. The molecule has 5 heteroatoms. The maximum Gasteiger partial charge on any atom is 0.212 e. The Bertz CT molecular complexity index is 673. The molecule has 0 aliphatic heterocycles. The van der Waals surface area contributed by atoms with Crippen molar-refractivity contribution >= 4 is 22.9 Å². The highest BCUT2D eigenvalue weighted by atomic mass is 35.5. The van der Waals surface area contributed by atoms with Crippen LogP contribution in [0.15, 0.2) is 41.8 Å². The Balaban J connectivity index is 2.02. The van der Waals surface area contributed by atoms with Gasteiger partial charge in [0, 0.05) is 10.9 Å². The molecule has 2 heterocycles. The SMILES string of the molecule is Cc1cc(Cl)n(-c2nc(-c3ccccc3)cs2)n1. The van der Waals surface area contributed by atoms with Crippen LogP contribution in [0, 0.1) is 6.92 Å². The van der Waals surface area contributed by atoms with Crippen LogP contribution in [0.4, 0.5) is 0 Å². The number of aryl methyl sites for hydroxylation is 1. The average molecular weight is 276 g/mol. The largest absolute Gasteiger partial charge is 0.218 e. The number of nitrogens with zero attached hydrogens (tertiary/aromatic N) is 3. The molecule has 1 aromatic carbocycles. The van der Waals surface area contributed by atoms with Gasteiger partial charge in [-0.2, -0.15) is 9.78 Å². The molecular formula is C13H10ClN3S. The van der Waals surface area contributed by atoms with E-state index in [2.05, 4.69) is 10.1 Å². The fourth-order valence-electron chi connectivity index (χ4n) is 1.71. The van der Waals surface area contributed by atoms with Crippen molar-refractivity contribution in [1.82, 2.24) is 14.8 Å². The van der Waals surface area contributed by atoms with Gasteiger partial charge in [0.2, 0.25) is 5.13 Å². The second-order valence-corrected chi connectivity index (χ2v) is 5.13. The number of thiazole rings is 1. The maximum atomic E-state index is 6.10. The lowest BCUT2D eigenvalue weighted by Crippen LogP contribution is -1.95. The van der Waals surface area contributed by atoms with Crippen LogP contribution < -0.4 is 0 Å². The van der Waals surface area contributed by atoms with Crippen LogP contribution in [-0.4, -0.2) is 14.8 Å². The highest BCUT2D eigenvalue weighted by molar-refractivity contribution is 7.12. The van der Waals surface area contributed by atoms with E-state index in [-0.39, 0.29) is 0 Å². The lowest BCUT2D eigenvalue weighted by atomic mass is 10.2. The fourth-order valence-corrected chi connectivity index (χ4v) is 2.83. The highest BCUT2D eigenvalue weighted by Crippen LogP contribution is 2.25. The first-order valence-corrected chi connectivity index (χ1v) is 6.73. The van der Waals surface area contributed by atoms with Crippen LogP contribution in [-0.2, 0) is 0 Å². The Hall–Kier alpha value is -1.65. The smallest absolute Gasteiger partial charge is 0.212 e. The first kappa shape index (κ1) is 11.4. The molecule has 2 aromatic heterocycles. The van der Waals surface area contributed by atoms with Crippen molar-refractivity contribution in [2.24, 2.45) is 0 Å². The van der Waals surface area contributed by atoms with Crippen LogP contribution in [0.25, 0.3) is 16.4 Å². The molecule has 0 fully saturated rings. The highest BCUT2D eigenvalue weighted by Gasteiger charge is 2.10. The van der Waals surface area contributed by atoms with Gasteiger partial charge in [0.05, 0.1) is 11.4 Å². The Morgan fingerprint density at radius 2 is 2.00 bits per heavy atom. The molecule has 0 N–H and O–H groups in total. The van der Waals surface area contributed by atoms with Gasteiger partial charge in [0.25, 0.3) is 0 Å². The topological polar surface area (TPSA) is 30.7 Å². The number of rotatable bonds is 2. The predicted molar refractivity (Wildman–Crippen MR) is 74.4 cm³/mol. The standard InChI is InChI=1S/C13H10ClN3S/c1-9-7-12(14)17(16-9)13-15-11(8-18-13)10-5-3-2-4-6-10/h2-8H,1H3. The summed E-state index contributed by atoms with van der Waals surface area (Å²) >= 11 is 7.63. The minimum absolute atomic E-state index is 0.585. The Labute approximate surface area is 114 Å². The summed E-state index contributed by atoms with van der Waals surface area (Å²) in [5, 5.41) is 7.70. The van der Waals surface area contributed by atoms with Crippen LogP contribution >= 0.6 is 22.9 Å².